The quantitative estimate of drug-likeness (QED) is 0.180. The Morgan fingerprint density at radius 3 is 1.03 bits per heavy atom. The third-order valence-electron chi connectivity index (χ3n) is 5.16. The maximum atomic E-state index is 6.25. The molecule has 0 atom stereocenters. The minimum Gasteiger partial charge on any atom is -0.370 e. The molecule has 0 heterocycles. The lowest BCUT2D eigenvalue weighted by Gasteiger charge is -2.31. The van der Waals surface area contributed by atoms with Crippen LogP contribution in [0.15, 0.2) is 46.2 Å². The van der Waals surface area contributed by atoms with Crippen LogP contribution in [0.1, 0.15) is 52.7 Å². The molecule has 0 saturated carbocycles. The van der Waals surface area contributed by atoms with Crippen molar-refractivity contribution < 1.29 is 26.6 Å². The van der Waals surface area contributed by atoms with Crippen molar-refractivity contribution in [3.63, 3.8) is 0 Å². The molecule has 0 bridgehead atoms. The fraction of sp³-hybridized carbons (Fsp3) is 0.538. The maximum Gasteiger partial charge on any atom is 0.538 e. The van der Waals surface area contributed by atoms with Crippen LogP contribution in [0.25, 0.3) is 0 Å². The lowest BCUT2D eigenvalue weighted by Crippen LogP contribution is -2.58. The molecule has 0 unspecified atom stereocenters. The fourth-order valence-electron chi connectivity index (χ4n) is 3.86. The van der Waals surface area contributed by atoms with E-state index in [0.29, 0.717) is 39.6 Å². The molecular weight excluding hydrogens is 529 g/mol. The van der Waals surface area contributed by atoms with Crippen molar-refractivity contribution in [2.45, 2.75) is 65.2 Å². The first-order valence-corrected chi connectivity index (χ1v) is 18.3. The van der Waals surface area contributed by atoms with Gasteiger partial charge in [0.05, 0.1) is 0 Å². The molecule has 0 N–H and O–H groups in total. The molecule has 10 heteroatoms. The normalized spacial score (nSPS) is 12.3. The molecule has 0 amide bonds. The van der Waals surface area contributed by atoms with E-state index in [1.165, 1.54) is 0 Å². The standard InChI is InChI=1S/C26H42O6S2Si2/c1-9-27-35(28-10-2,29-11-3)25-19-21(7)15-17-23(25)33-34-24-18-16-22(8)20-26(24)36(30-12-4,31-13-5)32-14-6/h15-20H,9-14H2,1-8H3. The van der Waals surface area contributed by atoms with Crippen molar-refractivity contribution in [2.75, 3.05) is 39.6 Å². The fourth-order valence-corrected chi connectivity index (χ4v) is 12.8. The highest BCUT2D eigenvalue weighted by molar-refractivity contribution is 8.76. The summed E-state index contributed by atoms with van der Waals surface area (Å²) in [5.41, 5.74) is 2.28. The third-order valence-corrected chi connectivity index (χ3v) is 14.2. The summed E-state index contributed by atoms with van der Waals surface area (Å²) in [7, 11) is -2.82. The van der Waals surface area contributed by atoms with E-state index in [9.17, 15) is 0 Å². The number of hydrogen-bond acceptors (Lipinski definition) is 8. The first kappa shape index (κ1) is 31.6. The van der Waals surface area contributed by atoms with Crippen LogP contribution in [0, 0.1) is 13.8 Å². The van der Waals surface area contributed by atoms with Crippen LogP contribution in [0.5, 0.6) is 0 Å². The Morgan fingerprint density at radius 2 is 0.778 bits per heavy atom. The van der Waals surface area contributed by atoms with Crippen molar-refractivity contribution in [3.8, 4) is 0 Å². The Hall–Kier alpha value is -0.666. The summed E-state index contributed by atoms with van der Waals surface area (Å²) in [5, 5.41) is 2.00. The van der Waals surface area contributed by atoms with E-state index >= 15 is 0 Å². The smallest absolute Gasteiger partial charge is 0.370 e. The van der Waals surface area contributed by atoms with E-state index < -0.39 is 17.6 Å². The van der Waals surface area contributed by atoms with Crippen molar-refractivity contribution >= 4 is 49.6 Å². The molecule has 36 heavy (non-hydrogen) atoms. The Balaban J connectivity index is 2.54. The highest BCUT2D eigenvalue weighted by Crippen LogP contribution is 2.38. The Kier molecular flexibility index (Phi) is 13.7. The second kappa shape index (κ2) is 15.7. The first-order valence-electron chi connectivity index (χ1n) is 12.8. The van der Waals surface area contributed by atoms with Gasteiger partial charge in [-0.2, -0.15) is 0 Å². The molecule has 6 nitrogen and oxygen atoms in total. The van der Waals surface area contributed by atoms with Crippen LogP contribution >= 0.6 is 21.6 Å². The lowest BCUT2D eigenvalue weighted by atomic mass is 10.2. The Bertz CT molecular complexity index is 837. The second-order valence-corrected chi connectivity index (χ2v) is 15.1. The number of rotatable bonds is 17. The topological polar surface area (TPSA) is 55.4 Å². The average Bonchev–Trinajstić information content (AvgIpc) is 2.84. The minimum absolute atomic E-state index is 0.519. The molecule has 202 valence electrons. The van der Waals surface area contributed by atoms with Crippen LogP contribution in [0.3, 0.4) is 0 Å². The van der Waals surface area contributed by atoms with Gasteiger partial charge in [0.25, 0.3) is 0 Å². The van der Waals surface area contributed by atoms with Crippen molar-refractivity contribution in [2.24, 2.45) is 0 Å². The number of aryl methyl sites for hydroxylation is 2. The van der Waals surface area contributed by atoms with Gasteiger partial charge in [-0.3, -0.25) is 0 Å². The van der Waals surface area contributed by atoms with Crippen molar-refractivity contribution in [1.29, 1.82) is 0 Å². The zero-order valence-electron chi connectivity index (χ0n) is 23.0. The molecule has 0 aliphatic carbocycles. The third kappa shape index (κ3) is 7.92. The summed E-state index contributed by atoms with van der Waals surface area (Å²) >= 11 is 0. The lowest BCUT2D eigenvalue weighted by molar-refractivity contribution is 0.0846. The van der Waals surface area contributed by atoms with Crippen LogP contribution in [0.2, 0.25) is 0 Å². The Morgan fingerprint density at radius 1 is 0.500 bits per heavy atom. The van der Waals surface area contributed by atoms with Gasteiger partial charge in [0.2, 0.25) is 0 Å². The largest absolute Gasteiger partial charge is 0.538 e. The highest BCUT2D eigenvalue weighted by Gasteiger charge is 2.47. The zero-order chi connectivity index (χ0) is 26.6. The van der Waals surface area contributed by atoms with Crippen LogP contribution < -0.4 is 10.4 Å². The Labute approximate surface area is 227 Å². The minimum atomic E-state index is -3.08. The monoisotopic (exact) mass is 570 g/mol. The molecule has 2 aromatic carbocycles. The van der Waals surface area contributed by atoms with Crippen LogP contribution in [-0.2, 0) is 26.6 Å². The molecule has 2 aromatic rings. The highest BCUT2D eigenvalue weighted by atomic mass is 33.1. The summed E-state index contributed by atoms with van der Waals surface area (Å²) in [6.07, 6.45) is 0. The molecule has 0 aliphatic heterocycles. The number of benzene rings is 2. The van der Waals surface area contributed by atoms with E-state index in [2.05, 4.69) is 50.2 Å². The zero-order valence-corrected chi connectivity index (χ0v) is 26.6. The summed E-state index contributed by atoms with van der Waals surface area (Å²) < 4.78 is 37.5. The van der Waals surface area contributed by atoms with E-state index in [1.54, 1.807) is 21.6 Å². The molecule has 0 fully saturated rings. The van der Waals surface area contributed by atoms with E-state index in [0.717, 1.165) is 31.3 Å². The van der Waals surface area contributed by atoms with Crippen molar-refractivity contribution in [3.05, 3.63) is 47.5 Å². The number of hydrogen-bond donors (Lipinski definition) is 0. The van der Waals surface area contributed by atoms with E-state index in [4.69, 9.17) is 26.6 Å². The molecule has 0 aromatic heterocycles. The molecular formula is C26H42O6S2Si2. The van der Waals surface area contributed by atoms with Crippen molar-refractivity contribution in [1.82, 2.24) is 0 Å². The van der Waals surface area contributed by atoms with Gasteiger partial charge in [0, 0.05) is 59.8 Å². The second-order valence-electron chi connectivity index (χ2n) is 7.88. The predicted molar refractivity (Wildman–Crippen MR) is 155 cm³/mol. The van der Waals surface area contributed by atoms with Crippen LogP contribution in [0.4, 0.5) is 0 Å². The van der Waals surface area contributed by atoms with Gasteiger partial charge in [0.15, 0.2) is 0 Å². The molecule has 0 saturated heterocycles. The maximum absolute atomic E-state index is 6.25. The van der Waals surface area contributed by atoms with Gasteiger partial charge in [-0.15, -0.1) is 0 Å². The van der Waals surface area contributed by atoms with Gasteiger partial charge in [-0.05, 0) is 67.5 Å². The van der Waals surface area contributed by atoms with E-state index in [-0.39, 0.29) is 0 Å². The molecule has 0 aliphatic rings. The first-order chi connectivity index (χ1) is 17.3. The summed E-state index contributed by atoms with van der Waals surface area (Å²) in [6.45, 7) is 19.2. The van der Waals surface area contributed by atoms with Gasteiger partial charge < -0.3 is 26.6 Å². The molecule has 0 radical (unpaired) electrons. The summed E-state index contributed by atoms with van der Waals surface area (Å²) in [5.74, 6) is 0. The van der Waals surface area contributed by atoms with E-state index in [1.807, 2.05) is 41.5 Å². The molecule has 2 rings (SSSR count). The predicted octanol–water partition coefficient (Wildman–Crippen LogP) is 5.61. The summed E-state index contributed by atoms with van der Waals surface area (Å²) in [4.78, 5) is 2.13. The molecule has 0 spiro atoms. The van der Waals surface area contributed by atoms with Gasteiger partial charge in [-0.25, -0.2) is 0 Å². The van der Waals surface area contributed by atoms with Gasteiger partial charge in [0.1, 0.15) is 0 Å². The van der Waals surface area contributed by atoms with Gasteiger partial charge in [-0.1, -0.05) is 57.0 Å². The van der Waals surface area contributed by atoms with Crippen LogP contribution in [-0.4, -0.2) is 57.3 Å². The average molecular weight is 571 g/mol. The summed E-state index contributed by atoms with van der Waals surface area (Å²) in [6, 6.07) is 12.8. The van der Waals surface area contributed by atoms with Gasteiger partial charge >= 0.3 is 17.6 Å². The SMILES string of the molecule is CCO[Si](OCC)(OCC)c1cc(C)ccc1SSc1ccc(C)cc1[Si](OCC)(OCC)OCC.